The molecule has 2 aromatic rings. The minimum absolute atomic E-state index is 0.201. The molecule has 2 rings (SSSR count). The van der Waals surface area contributed by atoms with E-state index >= 15 is 0 Å². The standard InChI is InChI=1S/C28H52N5O4PS/c1-3-4-5-6-7-8-9-10-11-12-13-14-15-16-19-39-20-17-18-37-38(34,35)24-36-25(2)21-33-23-32-26-27(29)30-22-31-28(26)33/h22-23,25H,3-21,24H2,1-2H3,(H,34,35)(H2,29,30,31)/p-1/t25-/m1/s1. The number of rotatable bonds is 25. The van der Waals surface area contributed by atoms with Crippen LogP contribution in [0.25, 0.3) is 11.2 Å². The first-order valence-corrected chi connectivity index (χ1v) is 17.9. The average Bonchev–Trinajstić information content (AvgIpc) is 3.32. The van der Waals surface area contributed by atoms with Gasteiger partial charge >= 0.3 is 0 Å². The van der Waals surface area contributed by atoms with E-state index in [1.807, 2.05) is 11.8 Å². The summed E-state index contributed by atoms with van der Waals surface area (Å²) in [7, 11) is -4.04. The summed E-state index contributed by atoms with van der Waals surface area (Å²) >= 11 is 1.88. The summed E-state index contributed by atoms with van der Waals surface area (Å²) in [6, 6.07) is 0. The van der Waals surface area contributed by atoms with Gasteiger partial charge in [-0.3, -0.25) is 0 Å². The van der Waals surface area contributed by atoms with Gasteiger partial charge in [-0.25, -0.2) is 15.0 Å². The van der Waals surface area contributed by atoms with E-state index in [9.17, 15) is 9.46 Å². The molecule has 0 amide bonds. The van der Waals surface area contributed by atoms with Crippen molar-refractivity contribution in [3.8, 4) is 0 Å². The maximum atomic E-state index is 12.2. The summed E-state index contributed by atoms with van der Waals surface area (Å²) in [6.45, 7) is 4.66. The van der Waals surface area contributed by atoms with Crippen molar-refractivity contribution in [1.29, 1.82) is 0 Å². The Hall–Kier alpha value is -1.19. The van der Waals surface area contributed by atoms with Gasteiger partial charge in [-0.05, 0) is 31.3 Å². The molecule has 11 heteroatoms. The molecule has 2 heterocycles. The van der Waals surface area contributed by atoms with Crippen LogP contribution in [0.5, 0.6) is 0 Å². The molecule has 0 saturated carbocycles. The van der Waals surface area contributed by atoms with E-state index in [1.54, 1.807) is 17.8 Å². The largest absolute Gasteiger partial charge is 0.777 e. The van der Waals surface area contributed by atoms with Crippen molar-refractivity contribution < 1.29 is 18.7 Å². The average molecular weight is 585 g/mol. The van der Waals surface area contributed by atoms with Gasteiger partial charge in [0.2, 0.25) is 0 Å². The summed E-state index contributed by atoms with van der Waals surface area (Å²) < 4.78 is 24.6. The number of hydrogen-bond acceptors (Lipinski definition) is 9. The fourth-order valence-corrected chi connectivity index (χ4v) is 6.34. The van der Waals surface area contributed by atoms with E-state index in [2.05, 4.69) is 21.9 Å². The highest BCUT2D eigenvalue weighted by Gasteiger charge is 2.14. The highest BCUT2D eigenvalue weighted by atomic mass is 32.2. The smallest absolute Gasteiger partial charge is 0.165 e. The van der Waals surface area contributed by atoms with Crippen LogP contribution in [-0.2, 0) is 20.4 Å². The van der Waals surface area contributed by atoms with Crippen LogP contribution < -0.4 is 10.6 Å². The molecular formula is C28H51N5O4PS-. The molecule has 0 aliphatic heterocycles. The van der Waals surface area contributed by atoms with E-state index in [4.69, 9.17) is 15.0 Å². The van der Waals surface area contributed by atoms with Crippen LogP contribution >= 0.6 is 19.4 Å². The topological polar surface area (TPSA) is 128 Å². The number of thioether (sulfide) groups is 1. The number of nitrogens with two attached hydrogens (primary N) is 1. The Kier molecular flexibility index (Phi) is 18.0. The second kappa shape index (κ2) is 20.7. The van der Waals surface area contributed by atoms with Gasteiger partial charge in [0.25, 0.3) is 0 Å². The molecule has 0 fully saturated rings. The molecule has 0 saturated heterocycles. The number of unbranched alkanes of at least 4 members (excludes halogenated alkanes) is 13. The zero-order chi connectivity index (χ0) is 28.2. The zero-order valence-electron chi connectivity index (χ0n) is 24.2. The molecule has 0 aliphatic rings. The number of imidazole rings is 1. The molecule has 0 aromatic carbocycles. The fourth-order valence-electron chi connectivity index (χ4n) is 4.48. The Bertz CT molecular complexity index is 948. The Morgan fingerprint density at radius 2 is 1.51 bits per heavy atom. The first-order chi connectivity index (χ1) is 18.9. The van der Waals surface area contributed by atoms with Gasteiger partial charge in [0.15, 0.2) is 19.1 Å². The number of ether oxygens (including phenoxy) is 1. The van der Waals surface area contributed by atoms with Crippen LogP contribution in [0.15, 0.2) is 12.7 Å². The van der Waals surface area contributed by atoms with Gasteiger partial charge in [-0.1, -0.05) is 90.4 Å². The molecular weight excluding hydrogens is 533 g/mol. The van der Waals surface area contributed by atoms with Crippen molar-refractivity contribution >= 4 is 36.3 Å². The molecule has 0 radical (unpaired) electrons. The SMILES string of the molecule is CCCCCCCCCCCCCCCCSCCCOP(=O)([O-])CO[C@H](C)Cn1cnc2c(N)ncnc21. The van der Waals surface area contributed by atoms with Gasteiger partial charge in [0.05, 0.1) is 25.6 Å². The monoisotopic (exact) mass is 584 g/mol. The van der Waals surface area contributed by atoms with Gasteiger partial charge in [0, 0.05) is 0 Å². The van der Waals surface area contributed by atoms with Crippen molar-refractivity contribution in [2.24, 2.45) is 0 Å². The maximum absolute atomic E-state index is 12.2. The van der Waals surface area contributed by atoms with Crippen LogP contribution in [0.4, 0.5) is 5.82 Å². The summed E-state index contributed by atoms with van der Waals surface area (Å²) in [5.41, 5.74) is 6.91. The van der Waals surface area contributed by atoms with Crippen LogP contribution in [0.1, 0.15) is 110 Å². The van der Waals surface area contributed by atoms with Crippen molar-refractivity contribution in [2.75, 3.05) is 30.2 Å². The third-order valence-electron chi connectivity index (χ3n) is 6.76. The number of anilines is 1. The zero-order valence-corrected chi connectivity index (χ0v) is 25.9. The van der Waals surface area contributed by atoms with Crippen molar-refractivity contribution in [2.45, 2.75) is 123 Å². The number of aromatic nitrogens is 4. The molecule has 2 atom stereocenters. The molecule has 9 nitrogen and oxygen atoms in total. The lowest BCUT2D eigenvalue weighted by Crippen LogP contribution is -2.20. The summed E-state index contributed by atoms with van der Waals surface area (Å²) in [5, 5.41) is 0. The number of nitrogens with zero attached hydrogens (tertiary/aromatic N) is 4. The van der Waals surface area contributed by atoms with Gasteiger partial charge in [0.1, 0.15) is 18.2 Å². The first kappa shape index (κ1) is 34.0. The summed E-state index contributed by atoms with van der Waals surface area (Å²) in [5.74, 6) is 2.35. The van der Waals surface area contributed by atoms with E-state index < -0.39 is 13.9 Å². The number of hydrogen-bond donors (Lipinski definition) is 1. The Balaban J connectivity index is 1.38. The normalized spacial score (nSPS) is 14.1. The molecule has 0 bridgehead atoms. The van der Waals surface area contributed by atoms with E-state index in [0.29, 0.717) is 29.9 Å². The predicted molar refractivity (Wildman–Crippen MR) is 161 cm³/mol. The van der Waals surface area contributed by atoms with Gasteiger partial charge in [-0.2, -0.15) is 11.8 Å². The minimum Gasteiger partial charge on any atom is -0.777 e. The molecule has 39 heavy (non-hydrogen) atoms. The molecule has 224 valence electrons. The lowest BCUT2D eigenvalue weighted by atomic mass is 10.0. The maximum Gasteiger partial charge on any atom is 0.165 e. The molecule has 0 spiro atoms. The fraction of sp³-hybridized carbons (Fsp3) is 0.821. The number of nitrogen functional groups attached to an aromatic ring is 1. The molecule has 2 aromatic heterocycles. The molecule has 0 aliphatic carbocycles. The minimum atomic E-state index is -4.04. The Morgan fingerprint density at radius 3 is 2.15 bits per heavy atom. The molecule has 1 unspecified atom stereocenters. The van der Waals surface area contributed by atoms with Crippen LogP contribution in [-0.4, -0.2) is 50.1 Å². The highest BCUT2D eigenvalue weighted by molar-refractivity contribution is 7.99. The Morgan fingerprint density at radius 1 is 0.923 bits per heavy atom. The van der Waals surface area contributed by atoms with Gasteiger partial charge < -0.3 is 29.0 Å². The second-order valence-electron chi connectivity index (χ2n) is 10.4. The van der Waals surface area contributed by atoms with Crippen LogP contribution in [0, 0.1) is 0 Å². The highest BCUT2D eigenvalue weighted by Crippen LogP contribution is 2.37. The third-order valence-corrected chi connectivity index (χ3v) is 8.96. The first-order valence-electron chi connectivity index (χ1n) is 15.0. The van der Waals surface area contributed by atoms with E-state index in [-0.39, 0.29) is 12.7 Å². The lowest BCUT2D eigenvalue weighted by molar-refractivity contribution is -0.205. The van der Waals surface area contributed by atoms with Crippen LogP contribution in [0.3, 0.4) is 0 Å². The van der Waals surface area contributed by atoms with Crippen molar-refractivity contribution in [3.63, 3.8) is 0 Å². The number of fused-ring (bicyclic) bond motifs is 1. The van der Waals surface area contributed by atoms with Crippen LogP contribution in [0.2, 0.25) is 0 Å². The summed E-state index contributed by atoms with van der Waals surface area (Å²) in [6.07, 6.45) is 22.1. The Labute approximate surface area is 240 Å². The van der Waals surface area contributed by atoms with Gasteiger partial charge in [-0.15, -0.1) is 0 Å². The summed E-state index contributed by atoms with van der Waals surface area (Å²) in [4.78, 5) is 24.5. The van der Waals surface area contributed by atoms with E-state index in [0.717, 1.165) is 11.5 Å². The quantitative estimate of drug-likeness (QED) is 0.0974. The lowest BCUT2D eigenvalue weighted by Gasteiger charge is -2.25. The van der Waals surface area contributed by atoms with E-state index in [1.165, 1.54) is 96.2 Å². The predicted octanol–water partition coefficient (Wildman–Crippen LogP) is 6.95. The van der Waals surface area contributed by atoms with Crippen molar-refractivity contribution in [1.82, 2.24) is 19.5 Å². The van der Waals surface area contributed by atoms with Crippen molar-refractivity contribution in [3.05, 3.63) is 12.7 Å². The molecule has 2 N–H and O–H groups in total. The third kappa shape index (κ3) is 15.4. The second-order valence-corrected chi connectivity index (χ2v) is 13.4.